The highest BCUT2D eigenvalue weighted by molar-refractivity contribution is 5.95. The summed E-state index contributed by atoms with van der Waals surface area (Å²) in [6, 6.07) is 15.5. The standard InChI is InChI=1S/C29H42N2O2/c1-4-5-6-7-8-9-10-11-12-13-21-33-28-16-14-15-27(22-28)29(32)31-30-23-25-17-19-26(20-18-25)24(2)3/h14-20,22-24H,4-13,21H2,1-3H3,(H,31,32)/b30-23-. The van der Waals surface area contributed by atoms with Crippen molar-refractivity contribution in [2.24, 2.45) is 5.10 Å². The van der Waals surface area contributed by atoms with Crippen molar-refractivity contribution in [3.8, 4) is 5.75 Å². The molecule has 4 heteroatoms. The Bertz CT molecular complexity index is 828. The van der Waals surface area contributed by atoms with E-state index in [0.29, 0.717) is 18.1 Å². The zero-order chi connectivity index (χ0) is 23.7. The SMILES string of the molecule is CCCCCCCCCCCCOc1cccc(C(=O)N/N=C\c2ccc(C(C)C)cc2)c1. The Labute approximate surface area is 200 Å². The Hall–Kier alpha value is -2.62. The molecule has 180 valence electrons. The quantitative estimate of drug-likeness (QED) is 0.161. The van der Waals surface area contributed by atoms with Crippen LogP contribution in [0.1, 0.15) is 112 Å². The van der Waals surface area contributed by atoms with Crippen molar-refractivity contribution >= 4 is 12.1 Å². The number of nitrogens with one attached hydrogen (secondary N) is 1. The molecule has 0 spiro atoms. The lowest BCUT2D eigenvalue weighted by molar-refractivity contribution is 0.0954. The van der Waals surface area contributed by atoms with Crippen LogP contribution in [0.4, 0.5) is 0 Å². The fourth-order valence-electron chi connectivity index (χ4n) is 3.70. The van der Waals surface area contributed by atoms with Gasteiger partial charge in [-0.1, -0.05) is 109 Å². The first-order valence-corrected chi connectivity index (χ1v) is 12.8. The number of carbonyl (C=O) groups is 1. The summed E-state index contributed by atoms with van der Waals surface area (Å²) in [6.07, 6.45) is 14.7. The molecule has 2 aromatic carbocycles. The number of nitrogens with zero attached hydrogens (tertiary/aromatic N) is 1. The molecule has 1 N–H and O–H groups in total. The van der Waals surface area contributed by atoms with Gasteiger partial charge in [0.15, 0.2) is 0 Å². The van der Waals surface area contributed by atoms with Gasteiger partial charge in [-0.15, -0.1) is 0 Å². The van der Waals surface area contributed by atoms with Crippen molar-refractivity contribution in [1.29, 1.82) is 0 Å². The number of hydrazone groups is 1. The number of hydrogen-bond acceptors (Lipinski definition) is 3. The maximum Gasteiger partial charge on any atom is 0.271 e. The molecule has 0 aliphatic rings. The summed E-state index contributed by atoms with van der Waals surface area (Å²) in [4.78, 5) is 12.4. The number of ether oxygens (including phenoxy) is 1. The average Bonchev–Trinajstić information content (AvgIpc) is 2.83. The minimum atomic E-state index is -0.241. The van der Waals surface area contributed by atoms with Gasteiger partial charge >= 0.3 is 0 Å². The number of benzene rings is 2. The number of rotatable bonds is 16. The zero-order valence-electron chi connectivity index (χ0n) is 20.8. The molecular formula is C29H42N2O2. The molecule has 33 heavy (non-hydrogen) atoms. The molecule has 0 atom stereocenters. The van der Waals surface area contributed by atoms with Crippen LogP contribution in [0.25, 0.3) is 0 Å². The fourth-order valence-corrected chi connectivity index (χ4v) is 3.70. The second kappa shape index (κ2) is 16.1. The number of hydrogen-bond donors (Lipinski definition) is 1. The summed E-state index contributed by atoms with van der Waals surface area (Å²) >= 11 is 0. The Kier molecular flexibility index (Phi) is 13.0. The second-order valence-corrected chi connectivity index (χ2v) is 9.08. The Morgan fingerprint density at radius 1 is 0.909 bits per heavy atom. The molecule has 0 radical (unpaired) electrons. The first-order chi connectivity index (χ1) is 16.1. The van der Waals surface area contributed by atoms with Crippen LogP contribution in [0, 0.1) is 0 Å². The van der Waals surface area contributed by atoms with E-state index in [1.807, 2.05) is 24.3 Å². The van der Waals surface area contributed by atoms with Crippen LogP contribution in [-0.2, 0) is 0 Å². The molecule has 0 saturated carbocycles. The third-order valence-electron chi connectivity index (χ3n) is 5.85. The van der Waals surface area contributed by atoms with E-state index in [9.17, 15) is 4.79 Å². The first-order valence-electron chi connectivity index (χ1n) is 12.8. The third-order valence-corrected chi connectivity index (χ3v) is 5.85. The smallest absolute Gasteiger partial charge is 0.271 e. The number of amides is 1. The Morgan fingerprint density at radius 3 is 2.18 bits per heavy atom. The van der Waals surface area contributed by atoms with E-state index in [1.54, 1.807) is 18.3 Å². The van der Waals surface area contributed by atoms with Gasteiger partial charge in [-0.2, -0.15) is 5.10 Å². The lowest BCUT2D eigenvalue weighted by atomic mass is 10.0. The first kappa shape index (κ1) is 26.6. The van der Waals surface area contributed by atoms with Gasteiger partial charge in [0.1, 0.15) is 5.75 Å². The van der Waals surface area contributed by atoms with Gasteiger partial charge in [0.05, 0.1) is 12.8 Å². The predicted molar refractivity (Wildman–Crippen MR) is 139 cm³/mol. The van der Waals surface area contributed by atoms with Crippen molar-refractivity contribution < 1.29 is 9.53 Å². The minimum Gasteiger partial charge on any atom is -0.494 e. The topological polar surface area (TPSA) is 50.7 Å². The molecule has 0 aliphatic carbocycles. The van der Waals surface area contributed by atoms with Crippen LogP contribution < -0.4 is 10.2 Å². The van der Waals surface area contributed by atoms with Crippen LogP contribution >= 0.6 is 0 Å². The molecule has 0 aromatic heterocycles. The molecular weight excluding hydrogens is 408 g/mol. The summed E-state index contributed by atoms with van der Waals surface area (Å²) in [5.41, 5.74) is 5.38. The number of unbranched alkanes of at least 4 members (excludes halogenated alkanes) is 9. The van der Waals surface area contributed by atoms with Gasteiger partial charge in [0, 0.05) is 5.56 Å². The van der Waals surface area contributed by atoms with Gasteiger partial charge in [-0.3, -0.25) is 4.79 Å². The van der Waals surface area contributed by atoms with Gasteiger partial charge in [-0.25, -0.2) is 5.43 Å². The van der Waals surface area contributed by atoms with Crippen molar-refractivity contribution in [2.45, 2.75) is 90.9 Å². The lowest BCUT2D eigenvalue weighted by Crippen LogP contribution is -2.17. The van der Waals surface area contributed by atoms with Gasteiger partial charge in [0.25, 0.3) is 5.91 Å². The zero-order valence-corrected chi connectivity index (χ0v) is 20.8. The van der Waals surface area contributed by atoms with Gasteiger partial charge in [-0.05, 0) is 41.7 Å². The molecule has 0 fully saturated rings. The van der Waals surface area contributed by atoms with Gasteiger partial charge in [0.2, 0.25) is 0 Å². The second-order valence-electron chi connectivity index (χ2n) is 9.08. The third kappa shape index (κ3) is 11.2. The van der Waals surface area contributed by atoms with Crippen LogP contribution in [0.3, 0.4) is 0 Å². The number of carbonyl (C=O) groups excluding carboxylic acids is 1. The summed E-state index contributed by atoms with van der Waals surface area (Å²) in [7, 11) is 0. The largest absolute Gasteiger partial charge is 0.494 e. The monoisotopic (exact) mass is 450 g/mol. The van der Waals surface area contributed by atoms with Crippen molar-refractivity contribution in [3.05, 3.63) is 65.2 Å². The summed E-state index contributed by atoms with van der Waals surface area (Å²) < 4.78 is 5.85. The average molecular weight is 451 g/mol. The van der Waals surface area contributed by atoms with E-state index in [-0.39, 0.29) is 5.91 Å². The molecule has 0 unspecified atom stereocenters. The molecule has 2 aromatic rings. The van der Waals surface area contributed by atoms with Crippen LogP contribution in [0.5, 0.6) is 5.75 Å². The van der Waals surface area contributed by atoms with E-state index in [4.69, 9.17) is 4.74 Å². The fraction of sp³-hybridized carbons (Fsp3) is 0.517. The summed E-state index contributed by atoms with van der Waals surface area (Å²) in [5.74, 6) is 0.983. The maximum atomic E-state index is 12.4. The molecule has 0 heterocycles. The minimum absolute atomic E-state index is 0.241. The normalized spacial score (nSPS) is 11.3. The molecule has 2 rings (SSSR count). The van der Waals surface area contributed by atoms with E-state index in [2.05, 4.69) is 43.4 Å². The lowest BCUT2D eigenvalue weighted by Gasteiger charge is -2.08. The van der Waals surface area contributed by atoms with Crippen molar-refractivity contribution in [2.75, 3.05) is 6.61 Å². The van der Waals surface area contributed by atoms with Crippen LogP contribution in [0.15, 0.2) is 53.6 Å². The van der Waals surface area contributed by atoms with E-state index < -0.39 is 0 Å². The Morgan fingerprint density at radius 2 is 1.55 bits per heavy atom. The van der Waals surface area contributed by atoms with Crippen LogP contribution in [-0.4, -0.2) is 18.7 Å². The van der Waals surface area contributed by atoms with Crippen LogP contribution in [0.2, 0.25) is 0 Å². The maximum absolute atomic E-state index is 12.4. The molecule has 4 nitrogen and oxygen atoms in total. The highest BCUT2D eigenvalue weighted by Gasteiger charge is 2.06. The highest BCUT2D eigenvalue weighted by Crippen LogP contribution is 2.16. The molecule has 0 saturated heterocycles. The predicted octanol–water partition coefficient (Wildman–Crippen LogP) is 7.87. The van der Waals surface area contributed by atoms with Crippen molar-refractivity contribution in [1.82, 2.24) is 5.43 Å². The molecule has 0 aliphatic heterocycles. The van der Waals surface area contributed by atoms with Crippen molar-refractivity contribution in [3.63, 3.8) is 0 Å². The molecule has 0 bridgehead atoms. The van der Waals surface area contributed by atoms with E-state index in [0.717, 1.165) is 17.7 Å². The van der Waals surface area contributed by atoms with E-state index in [1.165, 1.54) is 63.4 Å². The highest BCUT2D eigenvalue weighted by atomic mass is 16.5. The summed E-state index contributed by atoms with van der Waals surface area (Å²) in [6.45, 7) is 7.28. The molecule has 1 amide bonds. The van der Waals surface area contributed by atoms with Gasteiger partial charge < -0.3 is 4.74 Å². The van der Waals surface area contributed by atoms with E-state index >= 15 is 0 Å². The Balaban J connectivity index is 1.64. The summed E-state index contributed by atoms with van der Waals surface area (Å²) in [5, 5.41) is 4.09.